The molecule has 31 heavy (non-hydrogen) atoms. The molecule has 1 atom stereocenters. The predicted molar refractivity (Wildman–Crippen MR) is 123 cm³/mol. The minimum Gasteiger partial charge on any atom is -0.493 e. The second-order valence-corrected chi connectivity index (χ2v) is 8.22. The number of anilines is 1. The summed E-state index contributed by atoms with van der Waals surface area (Å²) in [5.74, 6) is 0.530. The number of aryl methyl sites for hydroxylation is 1. The number of nitrogens with one attached hydrogen (secondary N) is 1. The Hall–Kier alpha value is -2.57. The molecule has 2 aromatic carbocycles. The van der Waals surface area contributed by atoms with Crippen molar-refractivity contribution in [3.05, 3.63) is 59.2 Å². The smallest absolute Gasteiger partial charge is 0.255 e. The van der Waals surface area contributed by atoms with E-state index in [-0.39, 0.29) is 11.9 Å². The summed E-state index contributed by atoms with van der Waals surface area (Å²) >= 11 is 0. The molecule has 1 amide bonds. The number of hydrogen-bond donors (Lipinski definition) is 1. The number of carbonyl (C=O) groups excluding carboxylic acids is 1. The Balaban J connectivity index is 1.54. The van der Waals surface area contributed by atoms with Crippen molar-refractivity contribution in [3.63, 3.8) is 0 Å². The van der Waals surface area contributed by atoms with Gasteiger partial charge in [-0.15, -0.1) is 0 Å². The topological polar surface area (TPSA) is 54.0 Å². The number of nitrogens with zero attached hydrogens (tertiary/aromatic N) is 2. The maximum absolute atomic E-state index is 13.0. The van der Waals surface area contributed by atoms with Gasteiger partial charge < -0.3 is 19.7 Å². The minimum absolute atomic E-state index is 0.0972. The third kappa shape index (κ3) is 5.02. The highest BCUT2D eigenvalue weighted by Gasteiger charge is 2.25. The van der Waals surface area contributed by atoms with Gasteiger partial charge in [0.2, 0.25) is 0 Å². The summed E-state index contributed by atoms with van der Waals surface area (Å²) in [6.45, 7) is 7.31. The molecule has 4 rings (SSSR count). The van der Waals surface area contributed by atoms with Gasteiger partial charge in [0, 0.05) is 38.9 Å². The molecule has 0 bridgehead atoms. The first-order valence-corrected chi connectivity index (χ1v) is 11.3. The molecule has 2 aromatic rings. The van der Waals surface area contributed by atoms with Crippen molar-refractivity contribution in [2.45, 2.75) is 25.8 Å². The molecule has 0 aliphatic carbocycles. The number of para-hydroxylation sites is 1. The Bertz CT molecular complexity index is 895. The summed E-state index contributed by atoms with van der Waals surface area (Å²) in [7, 11) is 2.16. The van der Waals surface area contributed by atoms with Gasteiger partial charge in [-0.2, -0.15) is 0 Å². The fraction of sp³-hybridized carbons (Fsp3) is 0.480. The van der Waals surface area contributed by atoms with Gasteiger partial charge in [0.25, 0.3) is 5.91 Å². The van der Waals surface area contributed by atoms with Crippen LogP contribution in [0, 0.1) is 0 Å². The molecular weight excluding hydrogens is 390 g/mol. The van der Waals surface area contributed by atoms with Crippen molar-refractivity contribution >= 4 is 11.6 Å². The molecule has 6 heteroatoms. The van der Waals surface area contributed by atoms with Gasteiger partial charge in [-0.05, 0) is 49.1 Å². The molecule has 1 fully saturated rings. The predicted octanol–water partition coefficient (Wildman–Crippen LogP) is 3.27. The van der Waals surface area contributed by atoms with Crippen LogP contribution in [-0.4, -0.2) is 63.9 Å². The van der Waals surface area contributed by atoms with Crippen molar-refractivity contribution in [1.29, 1.82) is 0 Å². The number of ether oxygens (including phenoxy) is 2. The number of hydrogen-bond acceptors (Lipinski definition) is 5. The summed E-state index contributed by atoms with van der Waals surface area (Å²) in [4.78, 5) is 17.7. The first-order valence-electron chi connectivity index (χ1n) is 11.3. The van der Waals surface area contributed by atoms with Gasteiger partial charge in [0.05, 0.1) is 31.4 Å². The highest BCUT2D eigenvalue weighted by atomic mass is 16.5. The standard InChI is InChI=1S/C25H33N3O3/c1-3-31-24-9-5-4-8-21(24)25(29)26-18-23(28-13-15-30-16-14-28)20-10-11-22-19(17-20)7-6-12-27(22)2/h4-5,8-11,17,23H,3,6-7,12-16,18H2,1-2H3,(H,26,29)/t23-/m1/s1. The summed E-state index contributed by atoms with van der Waals surface area (Å²) < 4.78 is 11.2. The van der Waals surface area contributed by atoms with Gasteiger partial charge in [-0.3, -0.25) is 9.69 Å². The SMILES string of the molecule is CCOc1ccccc1C(=O)NC[C@H](c1ccc2c(c1)CCCN2C)N1CCOCC1. The zero-order valence-corrected chi connectivity index (χ0v) is 18.6. The molecule has 0 aromatic heterocycles. The van der Waals surface area contributed by atoms with Crippen molar-refractivity contribution < 1.29 is 14.3 Å². The number of amides is 1. The molecule has 166 valence electrons. The minimum atomic E-state index is -0.0972. The second kappa shape index (κ2) is 10.2. The molecule has 6 nitrogen and oxygen atoms in total. The summed E-state index contributed by atoms with van der Waals surface area (Å²) in [5.41, 5.74) is 4.56. The molecule has 0 spiro atoms. The fourth-order valence-corrected chi connectivity index (χ4v) is 4.58. The van der Waals surface area contributed by atoms with Crippen molar-refractivity contribution in [2.24, 2.45) is 0 Å². The van der Waals surface area contributed by atoms with Crippen LogP contribution in [0.2, 0.25) is 0 Å². The number of morpholine rings is 1. The summed E-state index contributed by atoms with van der Waals surface area (Å²) in [6.07, 6.45) is 2.29. The summed E-state index contributed by atoms with van der Waals surface area (Å²) in [5, 5.41) is 3.17. The molecule has 2 heterocycles. The second-order valence-electron chi connectivity index (χ2n) is 8.22. The lowest BCUT2D eigenvalue weighted by molar-refractivity contribution is 0.0162. The Kier molecular flexibility index (Phi) is 7.10. The third-order valence-corrected chi connectivity index (χ3v) is 6.21. The lowest BCUT2D eigenvalue weighted by Crippen LogP contribution is -2.44. The van der Waals surface area contributed by atoms with Crippen LogP contribution in [0.25, 0.3) is 0 Å². The Labute approximate surface area is 185 Å². The van der Waals surface area contributed by atoms with E-state index in [0.717, 1.165) is 39.3 Å². The molecule has 0 saturated carbocycles. The number of fused-ring (bicyclic) bond motifs is 1. The van der Waals surface area contributed by atoms with E-state index in [4.69, 9.17) is 9.47 Å². The zero-order valence-electron chi connectivity index (χ0n) is 18.6. The zero-order chi connectivity index (χ0) is 21.6. The van der Waals surface area contributed by atoms with E-state index in [1.54, 1.807) is 0 Å². The van der Waals surface area contributed by atoms with Crippen LogP contribution in [0.1, 0.15) is 40.9 Å². The van der Waals surface area contributed by atoms with Crippen LogP contribution in [0.15, 0.2) is 42.5 Å². The molecule has 0 unspecified atom stereocenters. The van der Waals surface area contributed by atoms with Crippen LogP contribution < -0.4 is 15.0 Å². The van der Waals surface area contributed by atoms with E-state index < -0.39 is 0 Å². The van der Waals surface area contributed by atoms with Crippen molar-refractivity contribution in [1.82, 2.24) is 10.2 Å². The fourth-order valence-electron chi connectivity index (χ4n) is 4.58. The Morgan fingerprint density at radius 1 is 1.16 bits per heavy atom. The number of benzene rings is 2. The van der Waals surface area contributed by atoms with E-state index in [9.17, 15) is 4.79 Å². The van der Waals surface area contributed by atoms with E-state index in [1.165, 1.54) is 23.2 Å². The monoisotopic (exact) mass is 423 g/mol. The van der Waals surface area contributed by atoms with Gasteiger partial charge in [0.1, 0.15) is 5.75 Å². The lowest BCUT2D eigenvalue weighted by Gasteiger charge is -2.36. The van der Waals surface area contributed by atoms with Crippen LogP contribution in [-0.2, 0) is 11.2 Å². The first-order chi connectivity index (χ1) is 15.2. The average Bonchev–Trinajstić information content (AvgIpc) is 2.80. The first kappa shape index (κ1) is 21.7. The van der Waals surface area contributed by atoms with Gasteiger partial charge in [-0.1, -0.05) is 24.3 Å². The van der Waals surface area contributed by atoms with Crippen LogP contribution in [0.4, 0.5) is 5.69 Å². The Morgan fingerprint density at radius 2 is 1.97 bits per heavy atom. The highest BCUT2D eigenvalue weighted by Crippen LogP contribution is 2.31. The summed E-state index contributed by atoms with van der Waals surface area (Å²) in [6, 6.07) is 14.3. The highest BCUT2D eigenvalue weighted by molar-refractivity contribution is 5.96. The molecule has 0 radical (unpaired) electrons. The van der Waals surface area contributed by atoms with Gasteiger partial charge >= 0.3 is 0 Å². The third-order valence-electron chi connectivity index (χ3n) is 6.21. The van der Waals surface area contributed by atoms with Crippen molar-refractivity contribution in [3.8, 4) is 5.75 Å². The molecule has 2 aliphatic rings. The van der Waals surface area contributed by atoms with Gasteiger partial charge in [-0.25, -0.2) is 0 Å². The van der Waals surface area contributed by atoms with E-state index in [2.05, 4.69) is 40.4 Å². The quantitative estimate of drug-likeness (QED) is 0.741. The average molecular weight is 424 g/mol. The normalized spacial score (nSPS) is 17.7. The Morgan fingerprint density at radius 3 is 2.77 bits per heavy atom. The van der Waals surface area contributed by atoms with Crippen LogP contribution in [0.3, 0.4) is 0 Å². The number of rotatable bonds is 7. The maximum atomic E-state index is 13.0. The van der Waals surface area contributed by atoms with Crippen LogP contribution >= 0.6 is 0 Å². The van der Waals surface area contributed by atoms with E-state index >= 15 is 0 Å². The van der Waals surface area contributed by atoms with E-state index in [0.29, 0.717) is 24.5 Å². The van der Waals surface area contributed by atoms with E-state index in [1.807, 2.05) is 31.2 Å². The van der Waals surface area contributed by atoms with Crippen molar-refractivity contribution in [2.75, 3.05) is 57.9 Å². The molecule has 2 aliphatic heterocycles. The van der Waals surface area contributed by atoms with Crippen LogP contribution in [0.5, 0.6) is 5.75 Å². The number of carbonyl (C=O) groups is 1. The van der Waals surface area contributed by atoms with Gasteiger partial charge in [0.15, 0.2) is 0 Å². The maximum Gasteiger partial charge on any atom is 0.255 e. The molecule has 1 N–H and O–H groups in total. The lowest BCUT2D eigenvalue weighted by atomic mass is 9.95. The largest absolute Gasteiger partial charge is 0.493 e. The molecule has 1 saturated heterocycles. The molecular formula is C25H33N3O3.